The van der Waals surface area contributed by atoms with Crippen LogP contribution in [0.5, 0.6) is 0 Å². The van der Waals surface area contributed by atoms with Crippen molar-refractivity contribution in [3.63, 3.8) is 0 Å². The van der Waals surface area contributed by atoms with Crippen molar-refractivity contribution in [1.29, 1.82) is 0 Å². The molecule has 164 valence electrons. The molecule has 0 bridgehead atoms. The van der Waals surface area contributed by atoms with Gasteiger partial charge >= 0.3 is 0 Å². The Morgan fingerprint density at radius 3 is 2.09 bits per heavy atom. The lowest BCUT2D eigenvalue weighted by molar-refractivity contribution is 1.12. The largest absolute Gasteiger partial charge is 0.354 e. The molecule has 0 atom stereocenters. The molecule has 3 heteroatoms. The molecule has 5 aromatic carbocycles. The lowest BCUT2D eigenvalue weighted by atomic mass is 10.1. The lowest BCUT2D eigenvalue weighted by Gasteiger charge is -2.09. The summed E-state index contributed by atoms with van der Waals surface area (Å²) >= 11 is 0. The number of hydrogen-bond donors (Lipinski definition) is 1. The summed E-state index contributed by atoms with van der Waals surface area (Å²) < 4.78 is 4.68. The van der Waals surface area contributed by atoms with E-state index in [1.807, 2.05) is 0 Å². The van der Waals surface area contributed by atoms with Crippen LogP contribution in [-0.2, 0) is 0 Å². The number of benzene rings is 5. The molecule has 0 aliphatic carbocycles. The minimum Gasteiger partial charge on any atom is -0.354 e. The summed E-state index contributed by atoms with van der Waals surface area (Å²) in [5, 5.41) is 6.30. The van der Waals surface area contributed by atoms with Crippen LogP contribution in [0.15, 0.2) is 121 Å². The van der Waals surface area contributed by atoms with Gasteiger partial charge in [-0.1, -0.05) is 60.7 Å². The second-order valence-electron chi connectivity index (χ2n) is 9.17. The molecule has 0 amide bonds. The van der Waals surface area contributed by atoms with Gasteiger partial charge in [0, 0.05) is 50.0 Å². The van der Waals surface area contributed by atoms with Crippen molar-refractivity contribution in [3.05, 3.63) is 121 Å². The second kappa shape index (κ2) is 6.87. The van der Waals surface area contributed by atoms with E-state index in [4.69, 9.17) is 0 Å². The number of H-pyrrole nitrogens is 1. The maximum atomic E-state index is 3.74. The van der Waals surface area contributed by atoms with Crippen LogP contribution in [0.1, 0.15) is 0 Å². The summed E-state index contributed by atoms with van der Waals surface area (Å²) in [7, 11) is 0. The van der Waals surface area contributed by atoms with Crippen molar-refractivity contribution in [3.8, 4) is 11.4 Å². The number of nitrogens with zero attached hydrogens (tertiary/aromatic N) is 2. The number of hydrogen-bond acceptors (Lipinski definition) is 0. The van der Waals surface area contributed by atoms with Crippen molar-refractivity contribution in [2.24, 2.45) is 0 Å². The van der Waals surface area contributed by atoms with Crippen LogP contribution in [0.3, 0.4) is 0 Å². The first-order valence-electron chi connectivity index (χ1n) is 12.0. The average Bonchev–Trinajstić information content (AvgIpc) is 3.59. The van der Waals surface area contributed by atoms with Gasteiger partial charge in [0.2, 0.25) is 0 Å². The maximum Gasteiger partial charge on any atom is 0.0566 e. The number of nitrogens with one attached hydrogen (secondary N) is 1. The third-order valence-corrected chi connectivity index (χ3v) is 7.27. The first-order valence-corrected chi connectivity index (χ1v) is 12.0. The Bertz CT molecular complexity index is 2040. The predicted molar refractivity (Wildman–Crippen MR) is 147 cm³/mol. The van der Waals surface area contributed by atoms with Crippen LogP contribution in [0.2, 0.25) is 0 Å². The van der Waals surface area contributed by atoms with Gasteiger partial charge in [0.25, 0.3) is 0 Å². The fourth-order valence-corrected chi connectivity index (χ4v) is 5.72. The van der Waals surface area contributed by atoms with Gasteiger partial charge in [-0.15, -0.1) is 0 Å². The number of aromatic nitrogens is 3. The van der Waals surface area contributed by atoms with Crippen LogP contribution >= 0.6 is 0 Å². The van der Waals surface area contributed by atoms with Gasteiger partial charge in [-0.25, -0.2) is 0 Å². The lowest BCUT2D eigenvalue weighted by Crippen LogP contribution is -1.94. The number of rotatable bonds is 2. The van der Waals surface area contributed by atoms with Gasteiger partial charge in [-0.2, -0.15) is 0 Å². The smallest absolute Gasteiger partial charge is 0.0566 e. The van der Waals surface area contributed by atoms with E-state index in [9.17, 15) is 0 Å². The standard InChI is InChI=1S/C32H21N3/c1-3-9-22(10-4-1)34-18-17-21-19-26-30(20-29(21)34)35(23-11-5-2-6-12-23)28-16-15-25-24-13-7-8-14-27(24)33-32(25)31(26)28/h1-20,33H. The molecular formula is C32H21N3. The second-order valence-corrected chi connectivity index (χ2v) is 9.17. The maximum absolute atomic E-state index is 3.74. The quantitative estimate of drug-likeness (QED) is 0.275. The Morgan fingerprint density at radius 2 is 1.26 bits per heavy atom. The molecule has 3 heterocycles. The molecule has 35 heavy (non-hydrogen) atoms. The van der Waals surface area contributed by atoms with Crippen LogP contribution < -0.4 is 0 Å². The predicted octanol–water partition coefficient (Wildman–Crippen LogP) is 8.36. The minimum absolute atomic E-state index is 1.17. The monoisotopic (exact) mass is 447 g/mol. The highest BCUT2D eigenvalue weighted by atomic mass is 15.0. The van der Waals surface area contributed by atoms with Gasteiger partial charge in [-0.3, -0.25) is 0 Å². The summed E-state index contributed by atoms with van der Waals surface area (Å²) in [6.07, 6.45) is 2.17. The molecule has 0 spiro atoms. The van der Waals surface area contributed by atoms with Crippen LogP contribution in [0, 0.1) is 0 Å². The minimum atomic E-state index is 1.17. The third-order valence-electron chi connectivity index (χ3n) is 7.27. The Hall–Kier alpha value is -4.76. The first kappa shape index (κ1) is 18.6. The molecule has 1 N–H and O–H groups in total. The molecule has 0 saturated heterocycles. The van der Waals surface area contributed by atoms with E-state index in [0.717, 1.165) is 0 Å². The van der Waals surface area contributed by atoms with Crippen molar-refractivity contribution in [1.82, 2.24) is 14.1 Å². The molecule has 0 unspecified atom stereocenters. The van der Waals surface area contributed by atoms with Crippen LogP contribution in [0.25, 0.3) is 65.9 Å². The molecule has 8 rings (SSSR count). The summed E-state index contributed by atoms with van der Waals surface area (Å²) in [5.41, 5.74) is 8.33. The fourth-order valence-electron chi connectivity index (χ4n) is 5.72. The Kier molecular flexibility index (Phi) is 3.66. The van der Waals surface area contributed by atoms with E-state index >= 15 is 0 Å². The molecule has 0 aliphatic rings. The highest BCUT2D eigenvalue weighted by molar-refractivity contribution is 6.26. The molecule has 0 radical (unpaired) electrons. The van der Waals surface area contributed by atoms with E-state index in [0.29, 0.717) is 0 Å². The van der Waals surface area contributed by atoms with Crippen molar-refractivity contribution in [2.45, 2.75) is 0 Å². The van der Waals surface area contributed by atoms with Crippen LogP contribution in [0.4, 0.5) is 0 Å². The number of para-hydroxylation sites is 3. The van der Waals surface area contributed by atoms with E-state index in [1.54, 1.807) is 0 Å². The molecule has 0 aliphatic heterocycles. The molecule has 3 aromatic heterocycles. The van der Waals surface area contributed by atoms with Gasteiger partial charge in [0.05, 0.1) is 22.1 Å². The van der Waals surface area contributed by atoms with Gasteiger partial charge in [-0.05, 0) is 54.6 Å². The summed E-state index contributed by atoms with van der Waals surface area (Å²) in [5.74, 6) is 0. The Balaban J connectivity index is 1.57. The van der Waals surface area contributed by atoms with E-state index in [-0.39, 0.29) is 0 Å². The first-order chi connectivity index (χ1) is 17.4. The highest BCUT2D eigenvalue weighted by Gasteiger charge is 2.18. The van der Waals surface area contributed by atoms with Gasteiger partial charge in [0.1, 0.15) is 0 Å². The summed E-state index contributed by atoms with van der Waals surface area (Å²) in [4.78, 5) is 3.74. The SMILES string of the molecule is c1ccc(-n2ccc3cc4c5c6[nH]c7ccccc7c6ccc5n(-c5ccccc5)c4cc32)cc1. The zero-order valence-electron chi connectivity index (χ0n) is 18.9. The zero-order valence-corrected chi connectivity index (χ0v) is 18.9. The van der Waals surface area contributed by atoms with E-state index < -0.39 is 0 Å². The van der Waals surface area contributed by atoms with Gasteiger partial charge < -0.3 is 14.1 Å². The Labute approximate surface area is 201 Å². The molecular weight excluding hydrogens is 426 g/mol. The molecule has 0 saturated carbocycles. The topological polar surface area (TPSA) is 25.6 Å². The van der Waals surface area contributed by atoms with Crippen molar-refractivity contribution in [2.75, 3.05) is 0 Å². The molecule has 0 fully saturated rings. The fraction of sp³-hybridized carbons (Fsp3) is 0. The summed E-state index contributed by atoms with van der Waals surface area (Å²) in [6.45, 7) is 0. The number of aromatic amines is 1. The van der Waals surface area contributed by atoms with E-state index in [1.165, 1.54) is 65.9 Å². The van der Waals surface area contributed by atoms with E-state index in [2.05, 4.69) is 136 Å². The molecule has 8 aromatic rings. The number of fused-ring (bicyclic) bond motifs is 8. The average molecular weight is 448 g/mol. The summed E-state index contributed by atoms with van der Waals surface area (Å²) in [6, 6.07) is 41.3. The zero-order chi connectivity index (χ0) is 22.9. The third kappa shape index (κ3) is 2.55. The van der Waals surface area contributed by atoms with Crippen molar-refractivity contribution < 1.29 is 0 Å². The Morgan fingerprint density at radius 1 is 0.514 bits per heavy atom. The van der Waals surface area contributed by atoms with Gasteiger partial charge in [0.15, 0.2) is 0 Å². The molecule has 3 nitrogen and oxygen atoms in total. The normalized spacial score (nSPS) is 12.0. The van der Waals surface area contributed by atoms with Crippen LogP contribution in [-0.4, -0.2) is 14.1 Å². The highest BCUT2D eigenvalue weighted by Crippen LogP contribution is 2.40. The van der Waals surface area contributed by atoms with Crippen molar-refractivity contribution >= 4 is 54.5 Å².